The zero-order valence-electron chi connectivity index (χ0n) is 11.0. The molecule has 0 radical (unpaired) electrons. The van der Waals surface area contributed by atoms with Gasteiger partial charge in [-0.1, -0.05) is 13.8 Å². The maximum atomic E-state index is 12.7. The molecule has 1 aliphatic rings. The van der Waals surface area contributed by atoms with E-state index in [2.05, 4.69) is 15.3 Å². The summed E-state index contributed by atoms with van der Waals surface area (Å²) in [7, 11) is 0. The second-order valence-electron chi connectivity index (χ2n) is 4.51. The number of nitrogens with one attached hydrogen (secondary N) is 2. The number of hydrogen-bond acceptors (Lipinski definition) is 5. The molecule has 3 N–H and O–H groups in total. The number of rotatable bonds is 3. The van der Waals surface area contributed by atoms with E-state index in [1.165, 1.54) is 4.90 Å². The largest absolute Gasteiger partial charge is 0.438 e. The Labute approximate surface area is 112 Å². The average molecular weight is 292 g/mol. The number of aliphatic hydroxyl groups excluding tert-OH is 1. The van der Waals surface area contributed by atoms with Crippen LogP contribution in [0.15, 0.2) is 4.79 Å². The number of halogens is 3. The van der Waals surface area contributed by atoms with E-state index in [4.69, 9.17) is 0 Å². The van der Waals surface area contributed by atoms with E-state index in [1.54, 1.807) is 0 Å². The highest BCUT2D eigenvalue weighted by atomic mass is 19.4. The molecule has 6 nitrogen and oxygen atoms in total. The Hall–Kier alpha value is -1.77. The third-order valence-electron chi connectivity index (χ3n) is 3.28. The lowest BCUT2D eigenvalue weighted by Crippen LogP contribution is -2.43. The summed E-state index contributed by atoms with van der Waals surface area (Å²) in [6.07, 6.45) is -4.80. The van der Waals surface area contributed by atoms with E-state index in [1.807, 2.05) is 13.8 Å². The van der Waals surface area contributed by atoms with Crippen LogP contribution in [-0.2, 0) is 6.18 Å². The van der Waals surface area contributed by atoms with Crippen molar-refractivity contribution >= 4 is 11.6 Å². The number of aromatic nitrogens is 2. The highest BCUT2D eigenvalue weighted by Crippen LogP contribution is 2.35. The summed E-state index contributed by atoms with van der Waals surface area (Å²) >= 11 is 0. The molecule has 0 amide bonds. The third kappa shape index (κ3) is 2.33. The van der Waals surface area contributed by atoms with Crippen LogP contribution in [0.2, 0.25) is 0 Å². The molecular weight excluding hydrogens is 277 g/mol. The Morgan fingerprint density at radius 3 is 2.50 bits per heavy atom. The van der Waals surface area contributed by atoms with Crippen molar-refractivity contribution in [3.63, 3.8) is 0 Å². The van der Waals surface area contributed by atoms with Gasteiger partial charge in [0.15, 0.2) is 11.6 Å². The van der Waals surface area contributed by atoms with E-state index in [0.29, 0.717) is 12.8 Å². The number of fused-ring (bicyclic) bond motifs is 1. The second-order valence-corrected chi connectivity index (χ2v) is 4.51. The van der Waals surface area contributed by atoms with Crippen molar-refractivity contribution in [3.8, 4) is 0 Å². The van der Waals surface area contributed by atoms with Crippen LogP contribution in [0, 0.1) is 0 Å². The SMILES string of the molecule is CCC(CC)N1c2nc(C(F)(F)F)c(=O)[nH]c2NC1O. The van der Waals surface area contributed by atoms with Crippen molar-refractivity contribution in [1.29, 1.82) is 0 Å². The van der Waals surface area contributed by atoms with Crippen molar-refractivity contribution in [3.05, 3.63) is 16.0 Å². The predicted octanol–water partition coefficient (Wildman–Crippen LogP) is 1.49. The topological polar surface area (TPSA) is 81.2 Å². The van der Waals surface area contributed by atoms with Gasteiger partial charge < -0.3 is 20.3 Å². The summed E-state index contributed by atoms with van der Waals surface area (Å²) < 4.78 is 38.2. The first-order valence-corrected chi connectivity index (χ1v) is 6.24. The molecule has 0 bridgehead atoms. The summed E-state index contributed by atoms with van der Waals surface area (Å²) in [5.74, 6) is -0.0828. The lowest BCUT2D eigenvalue weighted by molar-refractivity contribution is -0.142. The third-order valence-corrected chi connectivity index (χ3v) is 3.28. The Bertz CT molecular complexity index is 554. The standard InChI is InChI=1S/C11H15F3N4O2/c1-3-5(4-2)18-8-7(17-10(18)20)16-9(19)6(15-8)11(12,13)14/h5,10,20H,3-4H2,1-2H3,(H2,16,17,19). The van der Waals surface area contributed by atoms with Gasteiger partial charge in [-0.2, -0.15) is 13.2 Å². The number of H-pyrrole nitrogens is 1. The molecule has 0 saturated carbocycles. The minimum Gasteiger partial charge on any atom is -0.356 e. The lowest BCUT2D eigenvalue weighted by atomic mass is 10.1. The van der Waals surface area contributed by atoms with Crippen LogP contribution in [0.25, 0.3) is 0 Å². The van der Waals surface area contributed by atoms with Gasteiger partial charge in [0, 0.05) is 6.04 Å². The number of aromatic amines is 1. The fourth-order valence-corrected chi connectivity index (χ4v) is 2.29. The molecule has 2 rings (SSSR count). The highest BCUT2D eigenvalue weighted by Gasteiger charge is 2.41. The molecule has 1 aromatic heterocycles. The molecule has 20 heavy (non-hydrogen) atoms. The van der Waals surface area contributed by atoms with Gasteiger partial charge in [-0.05, 0) is 12.8 Å². The molecule has 112 valence electrons. The molecule has 0 aliphatic carbocycles. The fourth-order valence-electron chi connectivity index (χ4n) is 2.29. The average Bonchev–Trinajstić information content (AvgIpc) is 2.65. The van der Waals surface area contributed by atoms with E-state index >= 15 is 0 Å². The number of nitrogens with zero attached hydrogens (tertiary/aromatic N) is 2. The molecule has 1 atom stereocenters. The van der Waals surface area contributed by atoms with Crippen LogP contribution >= 0.6 is 0 Å². The van der Waals surface area contributed by atoms with Gasteiger partial charge in [0.05, 0.1) is 0 Å². The first-order valence-electron chi connectivity index (χ1n) is 6.24. The molecule has 9 heteroatoms. The maximum Gasteiger partial charge on any atom is 0.438 e. The zero-order chi connectivity index (χ0) is 15.1. The van der Waals surface area contributed by atoms with Gasteiger partial charge in [0.2, 0.25) is 12.0 Å². The predicted molar refractivity (Wildman–Crippen MR) is 66.3 cm³/mol. The van der Waals surface area contributed by atoms with Crippen molar-refractivity contribution in [2.24, 2.45) is 0 Å². The summed E-state index contributed by atoms with van der Waals surface area (Å²) in [5, 5.41) is 12.4. The monoisotopic (exact) mass is 292 g/mol. The van der Waals surface area contributed by atoms with E-state index in [9.17, 15) is 23.1 Å². The van der Waals surface area contributed by atoms with Crippen molar-refractivity contribution in [2.75, 3.05) is 10.2 Å². The minimum atomic E-state index is -4.84. The Balaban J connectivity index is 2.54. The second kappa shape index (κ2) is 4.97. The number of alkyl halides is 3. The number of aliphatic hydroxyl groups is 1. The zero-order valence-corrected chi connectivity index (χ0v) is 11.0. The lowest BCUT2D eigenvalue weighted by Gasteiger charge is -2.29. The molecule has 0 saturated heterocycles. The van der Waals surface area contributed by atoms with Crippen LogP contribution in [-0.4, -0.2) is 27.5 Å². The van der Waals surface area contributed by atoms with Crippen LogP contribution in [0.1, 0.15) is 32.4 Å². The quantitative estimate of drug-likeness (QED) is 0.786. The number of hydrogen-bond donors (Lipinski definition) is 3. The van der Waals surface area contributed by atoms with E-state index < -0.39 is 23.8 Å². The van der Waals surface area contributed by atoms with Gasteiger partial charge in [-0.25, -0.2) is 4.98 Å². The molecule has 0 spiro atoms. The summed E-state index contributed by atoms with van der Waals surface area (Å²) in [6, 6.07) is -0.182. The Kier molecular flexibility index (Phi) is 3.63. The minimum absolute atomic E-state index is 0.00222. The van der Waals surface area contributed by atoms with Gasteiger partial charge in [-0.15, -0.1) is 0 Å². The fraction of sp³-hybridized carbons (Fsp3) is 0.636. The summed E-state index contributed by atoms with van der Waals surface area (Å²) in [5.41, 5.74) is -2.84. The highest BCUT2D eigenvalue weighted by molar-refractivity contribution is 5.68. The maximum absolute atomic E-state index is 12.7. The molecule has 2 heterocycles. The van der Waals surface area contributed by atoms with Crippen LogP contribution in [0.4, 0.5) is 24.8 Å². The van der Waals surface area contributed by atoms with Gasteiger partial charge >= 0.3 is 6.18 Å². The normalized spacial score (nSPS) is 18.4. The van der Waals surface area contributed by atoms with Crippen LogP contribution < -0.4 is 15.8 Å². The molecule has 1 aromatic rings. The molecule has 0 aromatic carbocycles. The first kappa shape index (κ1) is 14.6. The van der Waals surface area contributed by atoms with Crippen molar-refractivity contribution in [2.45, 2.75) is 45.3 Å². The molecule has 1 unspecified atom stereocenters. The van der Waals surface area contributed by atoms with Crippen LogP contribution in [0.3, 0.4) is 0 Å². The van der Waals surface area contributed by atoms with Crippen LogP contribution in [0.5, 0.6) is 0 Å². The van der Waals surface area contributed by atoms with Gasteiger partial charge in [0.1, 0.15) is 0 Å². The van der Waals surface area contributed by atoms with E-state index in [-0.39, 0.29) is 17.7 Å². The van der Waals surface area contributed by atoms with Crippen molar-refractivity contribution in [1.82, 2.24) is 9.97 Å². The Morgan fingerprint density at radius 1 is 1.40 bits per heavy atom. The molecule has 1 aliphatic heterocycles. The Morgan fingerprint density at radius 2 is 2.00 bits per heavy atom. The van der Waals surface area contributed by atoms with Crippen molar-refractivity contribution < 1.29 is 18.3 Å². The molecular formula is C11H15F3N4O2. The van der Waals surface area contributed by atoms with Gasteiger partial charge in [-0.3, -0.25) is 4.79 Å². The molecule has 0 fully saturated rings. The van der Waals surface area contributed by atoms with Gasteiger partial charge in [0.25, 0.3) is 5.56 Å². The number of anilines is 2. The first-order chi connectivity index (χ1) is 9.29. The van der Waals surface area contributed by atoms with E-state index in [0.717, 1.165) is 0 Å². The summed E-state index contributed by atoms with van der Waals surface area (Å²) in [6.45, 7) is 3.71. The smallest absolute Gasteiger partial charge is 0.356 e. The summed E-state index contributed by atoms with van der Waals surface area (Å²) in [4.78, 5) is 18.2.